The maximum absolute atomic E-state index is 13.0. The van der Waals surface area contributed by atoms with Crippen molar-refractivity contribution < 1.29 is 0 Å². The van der Waals surface area contributed by atoms with Gasteiger partial charge in [0, 0.05) is 24.2 Å². The summed E-state index contributed by atoms with van der Waals surface area (Å²) in [7, 11) is 0. The van der Waals surface area contributed by atoms with Gasteiger partial charge in [-0.05, 0) is 76.9 Å². The van der Waals surface area contributed by atoms with Crippen LogP contribution in [0, 0.1) is 6.92 Å². The summed E-state index contributed by atoms with van der Waals surface area (Å²) >= 11 is 10.7. The molecule has 0 aliphatic heterocycles. The van der Waals surface area contributed by atoms with Gasteiger partial charge in [-0.15, -0.1) is 0 Å². The lowest BCUT2D eigenvalue weighted by molar-refractivity contribution is 1.14. The molecule has 4 rings (SSSR count). The second kappa shape index (κ2) is 6.38. The van der Waals surface area contributed by atoms with Crippen molar-refractivity contribution >= 4 is 69.6 Å². The zero-order valence-electron chi connectivity index (χ0n) is 13.2. The van der Waals surface area contributed by atoms with E-state index in [-0.39, 0.29) is 5.43 Å². The molecule has 0 aliphatic rings. The predicted molar refractivity (Wildman–Crippen MR) is 115 cm³/mol. The van der Waals surface area contributed by atoms with Crippen molar-refractivity contribution in [1.29, 1.82) is 0 Å². The summed E-state index contributed by atoms with van der Waals surface area (Å²) in [5, 5.41) is 1.37. The molecule has 0 radical (unpaired) electrons. The fraction of sp³-hybridized carbons (Fsp3) is 0.0500. The summed E-state index contributed by atoms with van der Waals surface area (Å²) < 4.78 is 4.90. The van der Waals surface area contributed by atoms with Crippen LogP contribution in [0.1, 0.15) is 5.56 Å². The van der Waals surface area contributed by atoms with Crippen molar-refractivity contribution in [3.63, 3.8) is 0 Å². The fourth-order valence-corrected chi connectivity index (χ4v) is 4.49. The predicted octanol–water partition coefficient (Wildman–Crippen LogP) is 6.74. The van der Waals surface area contributed by atoms with E-state index in [0.29, 0.717) is 10.8 Å². The molecule has 0 bridgehead atoms. The van der Waals surface area contributed by atoms with Gasteiger partial charge in [0.15, 0.2) is 5.43 Å². The Labute approximate surface area is 169 Å². The first-order chi connectivity index (χ1) is 12.0. The van der Waals surface area contributed by atoms with Crippen LogP contribution in [0.5, 0.6) is 0 Å². The molecule has 0 spiro atoms. The number of aryl methyl sites for hydroxylation is 1. The first kappa shape index (κ1) is 17.0. The molecule has 0 atom stereocenters. The molecule has 1 aromatic heterocycles. The number of hydrogen-bond acceptors (Lipinski definition) is 1. The van der Waals surface area contributed by atoms with Gasteiger partial charge in [-0.1, -0.05) is 37.9 Å². The molecule has 0 saturated heterocycles. The zero-order valence-corrected chi connectivity index (χ0v) is 17.9. The van der Waals surface area contributed by atoms with Gasteiger partial charge < -0.3 is 4.57 Å². The highest BCUT2D eigenvalue weighted by Gasteiger charge is 2.14. The highest BCUT2D eigenvalue weighted by atomic mass is 79.9. The van der Waals surface area contributed by atoms with Crippen molar-refractivity contribution in [2.75, 3.05) is 0 Å². The van der Waals surface area contributed by atoms with Crippen LogP contribution in [0.3, 0.4) is 0 Å². The van der Waals surface area contributed by atoms with Gasteiger partial charge >= 0.3 is 0 Å². The van der Waals surface area contributed by atoms with Gasteiger partial charge in [-0.3, -0.25) is 4.79 Å². The first-order valence-corrected chi connectivity index (χ1v) is 10.0. The van der Waals surface area contributed by atoms with Gasteiger partial charge in [-0.2, -0.15) is 0 Å². The van der Waals surface area contributed by atoms with E-state index in [1.54, 1.807) is 0 Å². The standard InChI is InChI=1S/C20H12Br3NO/c1-11-2-5-19(16(23)8-11)24-17-6-3-12(21)9-14(17)20(25)15-10-13(22)4-7-18(15)24/h2-10H,1H3. The molecule has 5 heteroatoms. The van der Waals surface area contributed by atoms with Crippen molar-refractivity contribution in [3.8, 4) is 5.69 Å². The minimum atomic E-state index is 0.0343. The molecule has 25 heavy (non-hydrogen) atoms. The van der Waals surface area contributed by atoms with Gasteiger partial charge in [-0.25, -0.2) is 0 Å². The average molecular weight is 522 g/mol. The minimum absolute atomic E-state index is 0.0343. The molecule has 0 unspecified atom stereocenters. The zero-order chi connectivity index (χ0) is 17.7. The molecule has 0 fully saturated rings. The van der Waals surface area contributed by atoms with E-state index < -0.39 is 0 Å². The van der Waals surface area contributed by atoms with E-state index in [0.717, 1.165) is 30.1 Å². The van der Waals surface area contributed by atoms with Gasteiger partial charge in [0.1, 0.15) is 0 Å². The highest BCUT2D eigenvalue weighted by Crippen LogP contribution is 2.31. The quantitative estimate of drug-likeness (QED) is 0.254. The number of aromatic nitrogens is 1. The molecule has 4 aromatic rings. The normalized spacial score (nSPS) is 11.4. The molecule has 1 heterocycles. The second-order valence-electron chi connectivity index (χ2n) is 5.94. The maximum atomic E-state index is 13.0. The number of pyridine rings is 1. The summed E-state index contributed by atoms with van der Waals surface area (Å²) in [5.74, 6) is 0. The van der Waals surface area contributed by atoms with Crippen LogP contribution in [0.15, 0.2) is 72.8 Å². The molecule has 0 saturated carbocycles. The number of fused-ring (bicyclic) bond motifs is 2. The Morgan fingerprint density at radius 3 is 1.84 bits per heavy atom. The Kier molecular flexibility index (Phi) is 4.34. The highest BCUT2D eigenvalue weighted by molar-refractivity contribution is 9.11. The summed E-state index contributed by atoms with van der Waals surface area (Å²) in [5.41, 5.74) is 3.98. The number of hydrogen-bond donors (Lipinski definition) is 0. The van der Waals surface area contributed by atoms with Crippen LogP contribution >= 0.6 is 47.8 Å². The lowest BCUT2D eigenvalue weighted by Gasteiger charge is -2.17. The lowest BCUT2D eigenvalue weighted by atomic mass is 10.1. The Hall–Kier alpha value is -1.43. The largest absolute Gasteiger partial charge is 0.308 e. The Morgan fingerprint density at radius 1 is 0.760 bits per heavy atom. The number of rotatable bonds is 1. The van der Waals surface area contributed by atoms with E-state index in [1.807, 2.05) is 36.4 Å². The van der Waals surface area contributed by atoms with Crippen LogP contribution < -0.4 is 5.43 Å². The number of halogens is 3. The van der Waals surface area contributed by atoms with E-state index >= 15 is 0 Å². The molecule has 3 aromatic carbocycles. The minimum Gasteiger partial charge on any atom is -0.308 e. The third kappa shape index (κ3) is 2.88. The van der Waals surface area contributed by atoms with E-state index in [4.69, 9.17) is 0 Å². The summed E-state index contributed by atoms with van der Waals surface area (Å²) in [6.07, 6.45) is 0. The maximum Gasteiger partial charge on any atom is 0.197 e. The van der Waals surface area contributed by atoms with Crippen molar-refractivity contribution in [1.82, 2.24) is 4.57 Å². The van der Waals surface area contributed by atoms with E-state index in [1.165, 1.54) is 5.56 Å². The molecule has 0 aliphatic carbocycles. The van der Waals surface area contributed by atoms with Crippen molar-refractivity contribution in [3.05, 3.63) is 83.8 Å². The summed E-state index contributed by atoms with van der Waals surface area (Å²) in [6, 6.07) is 17.9. The molecule has 2 nitrogen and oxygen atoms in total. The third-order valence-corrected chi connectivity index (χ3v) is 5.85. The van der Waals surface area contributed by atoms with Crippen LogP contribution in [0.25, 0.3) is 27.5 Å². The van der Waals surface area contributed by atoms with E-state index in [2.05, 4.69) is 77.5 Å². The van der Waals surface area contributed by atoms with Crippen LogP contribution in [-0.4, -0.2) is 4.57 Å². The smallest absolute Gasteiger partial charge is 0.197 e. The van der Waals surface area contributed by atoms with Crippen molar-refractivity contribution in [2.24, 2.45) is 0 Å². The van der Waals surface area contributed by atoms with Crippen LogP contribution in [0.4, 0.5) is 0 Å². The molecular weight excluding hydrogens is 510 g/mol. The van der Waals surface area contributed by atoms with Gasteiger partial charge in [0.25, 0.3) is 0 Å². The van der Waals surface area contributed by atoms with Crippen LogP contribution in [0.2, 0.25) is 0 Å². The SMILES string of the molecule is Cc1ccc(-n2c3ccc(Br)cc3c(=O)c3cc(Br)ccc32)c(Br)c1. The first-order valence-electron chi connectivity index (χ1n) is 7.66. The Balaban J connectivity index is 2.28. The van der Waals surface area contributed by atoms with Crippen molar-refractivity contribution in [2.45, 2.75) is 6.92 Å². The number of nitrogens with zero attached hydrogens (tertiary/aromatic N) is 1. The fourth-order valence-electron chi connectivity index (χ4n) is 3.10. The summed E-state index contributed by atoms with van der Waals surface area (Å²) in [6.45, 7) is 2.06. The average Bonchev–Trinajstić information content (AvgIpc) is 2.57. The third-order valence-electron chi connectivity index (χ3n) is 4.23. The van der Waals surface area contributed by atoms with Gasteiger partial charge in [0.2, 0.25) is 0 Å². The topological polar surface area (TPSA) is 22.0 Å². The summed E-state index contributed by atoms with van der Waals surface area (Å²) in [4.78, 5) is 13.0. The molecule has 0 N–H and O–H groups in total. The molecule has 0 amide bonds. The van der Waals surface area contributed by atoms with E-state index in [9.17, 15) is 4.79 Å². The lowest BCUT2D eigenvalue weighted by Crippen LogP contribution is -2.11. The molecular formula is C20H12Br3NO. The van der Waals surface area contributed by atoms with Gasteiger partial charge in [0.05, 0.1) is 16.7 Å². The Bertz CT molecular complexity index is 1150. The Morgan fingerprint density at radius 2 is 1.32 bits per heavy atom. The second-order valence-corrected chi connectivity index (χ2v) is 8.63. The number of benzene rings is 3. The van der Waals surface area contributed by atoms with Crippen LogP contribution in [-0.2, 0) is 0 Å². The molecule has 124 valence electrons. The monoisotopic (exact) mass is 519 g/mol.